The molecule has 0 amide bonds. The molecule has 1 aliphatic heterocycles. The van der Waals surface area contributed by atoms with E-state index in [-0.39, 0.29) is 11.7 Å². The lowest BCUT2D eigenvalue weighted by Crippen LogP contribution is -2.28. The number of fused-ring (bicyclic) bond motifs is 2. The summed E-state index contributed by atoms with van der Waals surface area (Å²) in [6.45, 7) is 1.55. The van der Waals surface area contributed by atoms with E-state index in [1.54, 1.807) is 12.1 Å². The van der Waals surface area contributed by atoms with Crippen molar-refractivity contribution in [3.05, 3.63) is 59.7 Å². The summed E-state index contributed by atoms with van der Waals surface area (Å²) in [4.78, 5) is 7.76. The Balaban J connectivity index is 1.61. The minimum Gasteiger partial charge on any atom is -0.508 e. The lowest BCUT2D eigenvalue weighted by molar-refractivity contribution is 0.129. The fraction of sp³-hybridized carbons (Fsp3) is 0.381. The summed E-state index contributed by atoms with van der Waals surface area (Å²) >= 11 is 0. The standard InChI is InChI=1S/C21H24N2O3/c1-23(2)11-6-12-25-22-20-17-10-9-16(24)13-19(17)26-21(14-18(20)21)15-7-4-3-5-8-15/h3-5,7-10,13,18,24H,6,11-12,14H2,1-2H3. The molecule has 2 aromatic carbocycles. The van der Waals surface area contributed by atoms with E-state index in [1.807, 2.05) is 38.4 Å². The summed E-state index contributed by atoms with van der Waals surface area (Å²) in [5, 5.41) is 14.4. The summed E-state index contributed by atoms with van der Waals surface area (Å²) in [7, 11) is 4.09. The van der Waals surface area contributed by atoms with Gasteiger partial charge in [0.2, 0.25) is 0 Å². The van der Waals surface area contributed by atoms with Crippen LogP contribution in [0.25, 0.3) is 0 Å². The highest BCUT2D eigenvalue weighted by Gasteiger charge is 2.64. The highest BCUT2D eigenvalue weighted by Crippen LogP contribution is 2.60. The van der Waals surface area contributed by atoms with Gasteiger partial charge >= 0.3 is 0 Å². The molecule has 0 bridgehead atoms. The van der Waals surface area contributed by atoms with Crippen LogP contribution in [0.1, 0.15) is 24.0 Å². The summed E-state index contributed by atoms with van der Waals surface area (Å²) in [5.74, 6) is 1.03. The molecule has 4 rings (SSSR count). The van der Waals surface area contributed by atoms with E-state index in [1.165, 1.54) is 0 Å². The van der Waals surface area contributed by atoms with Gasteiger partial charge in [-0.1, -0.05) is 35.5 Å². The second kappa shape index (κ2) is 6.65. The van der Waals surface area contributed by atoms with E-state index in [0.29, 0.717) is 12.4 Å². The van der Waals surface area contributed by atoms with Gasteiger partial charge in [0.05, 0.1) is 11.6 Å². The topological polar surface area (TPSA) is 54.3 Å². The first-order chi connectivity index (χ1) is 12.6. The van der Waals surface area contributed by atoms with E-state index >= 15 is 0 Å². The number of oxime groups is 1. The second-order valence-corrected chi connectivity index (χ2v) is 7.26. The Morgan fingerprint density at radius 2 is 2.04 bits per heavy atom. The van der Waals surface area contributed by atoms with Crippen LogP contribution in [0.5, 0.6) is 11.5 Å². The molecular weight excluding hydrogens is 328 g/mol. The maximum atomic E-state index is 9.87. The maximum absolute atomic E-state index is 9.87. The van der Waals surface area contributed by atoms with Crippen LogP contribution in [-0.4, -0.2) is 43.0 Å². The number of benzene rings is 2. The highest BCUT2D eigenvalue weighted by atomic mass is 16.6. The van der Waals surface area contributed by atoms with Crippen molar-refractivity contribution in [3.63, 3.8) is 0 Å². The van der Waals surface area contributed by atoms with Gasteiger partial charge in [-0.2, -0.15) is 0 Å². The molecule has 5 heteroatoms. The van der Waals surface area contributed by atoms with E-state index in [4.69, 9.17) is 9.57 Å². The number of phenolic OH excluding ortho intramolecular Hbond substituents is 1. The maximum Gasteiger partial charge on any atom is 0.143 e. The van der Waals surface area contributed by atoms with Crippen LogP contribution < -0.4 is 4.74 Å². The average molecular weight is 352 g/mol. The molecule has 2 atom stereocenters. The Morgan fingerprint density at radius 3 is 2.81 bits per heavy atom. The van der Waals surface area contributed by atoms with Gasteiger partial charge in [0.15, 0.2) is 0 Å². The van der Waals surface area contributed by atoms with Crippen LogP contribution in [0.2, 0.25) is 0 Å². The van der Waals surface area contributed by atoms with Crippen molar-refractivity contribution in [2.75, 3.05) is 27.2 Å². The number of hydrogen-bond donors (Lipinski definition) is 1. The van der Waals surface area contributed by atoms with Crippen molar-refractivity contribution >= 4 is 5.71 Å². The third-order valence-electron chi connectivity index (χ3n) is 5.04. The molecular formula is C21H24N2O3. The van der Waals surface area contributed by atoms with Crippen LogP contribution in [0.15, 0.2) is 53.7 Å². The largest absolute Gasteiger partial charge is 0.508 e. The number of hydrogen-bond acceptors (Lipinski definition) is 5. The van der Waals surface area contributed by atoms with Gasteiger partial charge in [-0.05, 0) is 38.2 Å². The number of ether oxygens (including phenoxy) is 1. The zero-order chi connectivity index (χ0) is 18.1. The smallest absolute Gasteiger partial charge is 0.143 e. The number of aromatic hydroxyl groups is 1. The summed E-state index contributed by atoms with van der Waals surface area (Å²) < 4.78 is 6.35. The van der Waals surface area contributed by atoms with Gasteiger partial charge in [0.1, 0.15) is 23.7 Å². The van der Waals surface area contributed by atoms with Gasteiger partial charge in [-0.3, -0.25) is 0 Å². The molecule has 1 saturated carbocycles. The molecule has 0 aromatic heterocycles. The quantitative estimate of drug-likeness (QED) is 0.640. The minimum absolute atomic E-state index is 0.177. The molecule has 2 aromatic rings. The number of nitrogens with zero attached hydrogens (tertiary/aromatic N) is 2. The first-order valence-corrected chi connectivity index (χ1v) is 9.03. The van der Waals surface area contributed by atoms with Crippen molar-refractivity contribution < 1.29 is 14.7 Å². The van der Waals surface area contributed by atoms with Crippen molar-refractivity contribution in [2.45, 2.75) is 18.4 Å². The fourth-order valence-corrected chi connectivity index (χ4v) is 3.64. The van der Waals surface area contributed by atoms with E-state index in [9.17, 15) is 5.11 Å². The second-order valence-electron chi connectivity index (χ2n) is 7.26. The van der Waals surface area contributed by atoms with E-state index in [2.05, 4.69) is 22.2 Å². The van der Waals surface area contributed by atoms with Crippen molar-refractivity contribution in [2.24, 2.45) is 11.1 Å². The Morgan fingerprint density at radius 1 is 1.23 bits per heavy atom. The van der Waals surface area contributed by atoms with Gasteiger partial charge in [0, 0.05) is 24.6 Å². The van der Waals surface area contributed by atoms with Crippen LogP contribution in [-0.2, 0) is 10.4 Å². The third kappa shape index (κ3) is 3.03. The lowest BCUT2D eigenvalue weighted by atomic mass is 9.95. The van der Waals surface area contributed by atoms with Crippen LogP contribution in [0.4, 0.5) is 0 Å². The number of rotatable bonds is 6. The van der Waals surface area contributed by atoms with Crippen LogP contribution in [0, 0.1) is 5.92 Å². The molecule has 1 heterocycles. The normalized spacial score (nSPS) is 24.7. The zero-order valence-corrected chi connectivity index (χ0v) is 15.2. The molecule has 1 fully saturated rings. The Bertz CT molecular complexity index is 819. The Kier molecular flexibility index (Phi) is 4.32. The van der Waals surface area contributed by atoms with Gasteiger partial charge < -0.3 is 19.6 Å². The predicted octanol–water partition coefficient (Wildman–Crippen LogP) is 3.37. The first kappa shape index (κ1) is 16.9. The Hall–Kier alpha value is -2.53. The number of phenols is 1. The molecule has 2 unspecified atom stereocenters. The van der Waals surface area contributed by atoms with Crippen molar-refractivity contribution in [1.82, 2.24) is 4.90 Å². The van der Waals surface area contributed by atoms with Gasteiger partial charge in [-0.25, -0.2) is 0 Å². The molecule has 0 spiro atoms. The van der Waals surface area contributed by atoms with Gasteiger partial charge in [-0.15, -0.1) is 0 Å². The molecule has 0 saturated heterocycles. The summed E-state index contributed by atoms with van der Waals surface area (Å²) in [6, 6.07) is 15.4. The van der Waals surface area contributed by atoms with E-state index in [0.717, 1.165) is 36.2 Å². The first-order valence-electron chi connectivity index (χ1n) is 9.03. The average Bonchev–Trinajstić information content (AvgIpc) is 3.36. The molecule has 1 N–H and O–H groups in total. The van der Waals surface area contributed by atoms with Crippen molar-refractivity contribution in [3.8, 4) is 11.5 Å². The van der Waals surface area contributed by atoms with Crippen molar-refractivity contribution in [1.29, 1.82) is 0 Å². The minimum atomic E-state index is -0.395. The highest BCUT2D eigenvalue weighted by molar-refractivity contribution is 6.08. The monoisotopic (exact) mass is 352 g/mol. The fourth-order valence-electron chi connectivity index (χ4n) is 3.64. The summed E-state index contributed by atoms with van der Waals surface area (Å²) in [6.07, 6.45) is 1.80. The third-order valence-corrected chi connectivity index (χ3v) is 5.04. The molecule has 2 aliphatic rings. The molecule has 26 heavy (non-hydrogen) atoms. The zero-order valence-electron chi connectivity index (χ0n) is 15.2. The van der Waals surface area contributed by atoms with Gasteiger partial charge in [0.25, 0.3) is 0 Å². The van der Waals surface area contributed by atoms with Crippen LogP contribution in [0.3, 0.4) is 0 Å². The van der Waals surface area contributed by atoms with E-state index < -0.39 is 5.60 Å². The predicted molar refractivity (Wildman–Crippen MR) is 101 cm³/mol. The molecule has 1 aliphatic carbocycles. The SMILES string of the molecule is CN(C)CCCON=C1c2ccc(O)cc2OC2(c3ccccc3)CC12. The Labute approximate surface area is 153 Å². The lowest BCUT2D eigenvalue weighted by Gasteiger charge is -2.27. The molecule has 136 valence electrons. The van der Waals surface area contributed by atoms with Crippen LogP contribution >= 0.6 is 0 Å². The molecule has 5 nitrogen and oxygen atoms in total. The summed E-state index contributed by atoms with van der Waals surface area (Å²) in [5.41, 5.74) is 2.57. The molecule has 0 radical (unpaired) electrons.